The van der Waals surface area contributed by atoms with Gasteiger partial charge in [0, 0.05) is 26.2 Å². The highest BCUT2D eigenvalue weighted by molar-refractivity contribution is 5.29. The Kier molecular flexibility index (Phi) is 4.78. The third-order valence-corrected chi connectivity index (χ3v) is 2.95. The first-order chi connectivity index (χ1) is 8.33. The number of rotatable bonds is 5. The van der Waals surface area contributed by atoms with E-state index in [0.29, 0.717) is 0 Å². The summed E-state index contributed by atoms with van der Waals surface area (Å²) in [6.45, 7) is 2.86. The highest BCUT2D eigenvalue weighted by atomic mass is 19.2. The topological polar surface area (TPSA) is 38.7 Å². The van der Waals surface area contributed by atoms with Gasteiger partial charge in [0.1, 0.15) is 0 Å². The van der Waals surface area contributed by atoms with Crippen LogP contribution in [0.1, 0.15) is 24.5 Å². The van der Waals surface area contributed by atoms with Gasteiger partial charge in [0.05, 0.1) is 5.60 Å². The SMILES string of the molecule is COC(CC(C)(O)c1ccc(C)c(F)c1F)OC. The lowest BCUT2D eigenvalue weighted by Gasteiger charge is -2.28. The molecule has 1 aromatic rings. The quantitative estimate of drug-likeness (QED) is 0.827. The molecule has 5 heteroatoms. The number of aliphatic hydroxyl groups is 1. The fourth-order valence-electron chi connectivity index (χ4n) is 1.76. The Hall–Kier alpha value is -1.04. The molecule has 0 fully saturated rings. The second kappa shape index (κ2) is 5.73. The fraction of sp³-hybridized carbons (Fsp3) is 0.538. The van der Waals surface area contributed by atoms with Gasteiger partial charge in [0.25, 0.3) is 0 Å². The molecule has 1 rings (SSSR count). The van der Waals surface area contributed by atoms with Gasteiger partial charge in [-0.3, -0.25) is 0 Å². The molecule has 0 aliphatic carbocycles. The second-order valence-corrected chi connectivity index (χ2v) is 4.44. The molecule has 0 radical (unpaired) electrons. The largest absolute Gasteiger partial charge is 0.385 e. The Morgan fingerprint density at radius 3 is 2.28 bits per heavy atom. The number of halogens is 2. The van der Waals surface area contributed by atoms with Gasteiger partial charge in [-0.05, 0) is 19.4 Å². The van der Waals surface area contributed by atoms with E-state index >= 15 is 0 Å². The molecule has 0 saturated carbocycles. The van der Waals surface area contributed by atoms with Crippen LogP contribution >= 0.6 is 0 Å². The molecule has 1 N–H and O–H groups in total. The third kappa shape index (κ3) is 3.04. The van der Waals surface area contributed by atoms with Crippen LogP contribution in [0.4, 0.5) is 8.78 Å². The van der Waals surface area contributed by atoms with E-state index in [1.807, 2.05) is 0 Å². The van der Waals surface area contributed by atoms with E-state index in [1.165, 1.54) is 40.2 Å². The summed E-state index contributed by atoms with van der Waals surface area (Å²) in [4.78, 5) is 0. The summed E-state index contributed by atoms with van der Waals surface area (Å²) < 4.78 is 37.2. The van der Waals surface area contributed by atoms with Gasteiger partial charge in [0.2, 0.25) is 0 Å². The summed E-state index contributed by atoms with van der Waals surface area (Å²) >= 11 is 0. The minimum Gasteiger partial charge on any atom is -0.385 e. The summed E-state index contributed by atoms with van der Waals surface area (Å²) in [5, 5.41) is 10.2. The average molecular weight is 260 g/mol. The smallest absolute Gasteiger partial charge is 0.165 e. The molecule has 0 heterocycles. The molecule has 102 valence electrons. The number of methoxy groups -OCH3 is 2. The van der Waals surface area contributed by atoms with Crippen LogP contribution in [0.15, 0.2) is 12.1 Å². The summed E-state index contributed by atoms with van der Waals surface area (Å²) in [7, 11) is 2.83. The van der Waals surface area contributed by atoms with Crippen LogP contribution in [0.2, 0.25) is 0 Å². The molecule has 1 unspecified atom stereocenters. The van der Waals surface area contributed by atoms with Crippen molar-refractivity contribution in [3.05, 3.63) is 34.9 Å². The third-order valence-electron chi connectivity index (χ3n) is 2.95. The Morgan fingerprint density at radius 1 is 1.22 bits per heavy atom. The van der Waals surface area contributed by atoms with E-state index in [4.69, 9.17) is 9.47 Å². The van der Waals surface area contributed by atoms with Gasteiger partial charge in [-0.15, -0.1) is 0 Å². The van der Waals surface area contributed by atoms with Crippen molar-refractivity contribution in [2.75, 3.05) is 14.2 Å². The Labute approximate surface area is 105 Å². The van der Waals surface area contributed by atoms with E-state index in [-0.39, 0.29) is 17.5 Å². The normalized spacial score (nSPS) is 14.9. The average Bonchev–Trinajstić information content (AvgIpc) is 2.32. The van der Waals surface area contributed by atoms with Crippen molar-refractivity contribution < 1.29 is 23.4 Å². The number of hydrogen-bond donors (Lipinski definition) is 1. The van der Waals surface area contributed by atoms with Crippen molar-refractivity contribution >= 4 is 0 Å². The minimum absolute atomic E-state index is 0.000574. The van der Waals surface area contributed by atoms with Crippen molar-refractivity contribution in [2.45, 2.75) is 32.2 Å². The van der Waals surface area contributed by atoms with Crippen molar-refractivity contribution in [3.8, 4) is 0 Å². The van der Waals surface area contributed by atoms with Crippen LogP contribution in [0.25, 0.3) is 0 Å². The molecule has 0 saturated heterocycles. The predicted molar refractivity (Wildman–Crippen MR) is 63.1 cm³/mol. The maximum atomic E-state index is 13.8. The van der Waals surface area contributed by atoms with Crippen molar-refractivity contribution in [2.24, 2.45) is 0 Å². The van der Waals surface area contributed by atoms with Crippen LogP contribution in [0.3, 0.4) is 0 Å². The molecule has 0 amide bonds. The van der Waals surface area contributed by atoms with Crippen LogP contribution in [0, 0.1) is 18.6 Å². The van der Waals surface area contributed by atoms with E-state index in [1.54, 1.807) is 0 Å². The van der Waals surface area contributed by atoms with Crippen molar-refractivity contribution in [1.82, 2.24) is 0 Å². The minimum atomic E-state index is -1.57. The number of benzene rings is 1. The Morgan fingerprint density at radius 2 is 1.78 bits per heavy atom. The predicted octanol–water partition coefficient (Wildman–Crippen LogP) is 2.49. The van der Waals surface area contributed by atoms with E-state index < -0.39 is 23.5 Å². The first kappa shape index (κ1) is 15.0. The van der Waals surface area contributed by atoms with E-state index in [2.05, 4.69) is 0 Å². The highest BCUT2D eigenvalue weighted by Crippen LogP contribution is 2.31. The lowest BCUT2D eigenvalue weighted by Crippen LogP contribution is -2.31. The van der Waals surface area contributed by atoms with Crippen molar-refractivity contribution in [1.29, 1.82) is 0 Å². The maximum absolute atomic E-state index is 13.8. The zero-order valence-corrected chi connectivity index (χ0v) is 11.0. The fourth-order valence-corrected chi connectivity index (χ4v) is 1.76. The standard InChI is InChI=1S/C13H18F2O3/c1-8-5-6-9(12(15)11(8)14)13(2,16)7-10(17-3)18-4/h5-6,10,16H,7H2,1-4H3. The van der Waals surface area contributed by atoms with Crippen LogP contribution in [0.5, 0.6) is 0 Å². The molecule has 0 aromatic heterocycles. The first-order valence-corrected chi connectivity index (χ1v) is 5.56. The van der Waals surface area contributed by atoms with Gasteiger partial charge in [-0.1, -0.05) is 12.1 Å². The summed E-state index contributed by atoms with van der Waals surface area (Å²) in [6.07, 6.45) is -0.692. The number of hydrogen-bond acceptors (Lipinski definition) is 3. The van der Waals surface area contributed by atoms with Crippen LogP contribution in [-0.4, -0.2) is 25.6 Å². The van der Waals surface area contributed by atoms with E-state index in [0.717, 1.165) is 0 Å². The zero-order valence-electron chi connectivity index (χ0n) is 11.0. The van der Waals surface area contributed by atoms with Crippen LogP contribution in [-0.2, 0) is 15.1 Å². The number of ether oxygens (including phenoxy) is 2. The molecule has 0 aliphatic heterocycles. The Balaban J connectivity index is 3.08. The molecular weight excluding hydrogens is 242 g/mol. The summed E-state index contributed by atoms with van der Waals surface area (Å²) in [6, 6.07) is 2.80. The molecule has 1 atom stereocenters. The lowest BCUT2D eigenvalue weighted by molar-refractivity contribution is -0.142. The van der Waals surface area contributed by atoms with Gasteiger partial charge < -0.3 is 14.6 Å². The van der Waals surface area contributed by atoms with Crippen molar-refractivity contribution in [3.63, 3.8) is 0 Å². The monoisotopic (exact) mass is 260 g/mol. The molecule has 18 heavy (non-hydrogen) atoms. The van der Waals surface area contributed by atoms with Gasteiger partial charge in [-0.2, -0.15) is 0 Å². The lowest BCUT2D eigenvalue weighted by atomic mass is 9.91. The Bertz CT molecular complexity index is 415. The molecule has 0 aliphatic rings. The first-order valence-electron chi connectivity index (χ1n) is 5.56. The molecule has 3 nitrogen and oxygen atoms in total. The second-order valence-electron chi connectivity index (χ2n) is 4.44. The van der Waals surface area contributed by atoms with Gasteiger partial charge in [-0.25, -0.2) is 8.78 Å². The molecule has 1 aromatic carbocycles. The molecule has 0 bridgehead atoms. The molecular formula is C13H18F2O3. The summed E-state index contributed by atoms with van der Waals surface area (Å²) in [5.74, 6) is -1.98. The molecule has 0 spiro atoms. The highest BCUT2D eigenvalue weighted by Gasteiger charge is 2.31. The van der Waals surface area contributed by atoms with E-state index in [9.17, 15) is 13.9 Å². The zero-order chi connectivity index (χ0) is 13.9. The number of aryl methyl sites for hydroxylation is 1. The maximum Gasteiger partial charge on any atom is 0.165 e. The van der Waals surface area contributed by atoms with Crippen LogP contribution < -0.4 is 0 Å². The summed E-state index contributed by atoms with van der Waals surface area (Å²) in [5.41, 5.74) is -1.48. The van der Waals surface area contributed by atoms with Gasteiger partial charge in [0.15, 0.2) is 17.9 Å². The van der Waals surface area contributed by atoms with Gasteiger partial charge >= 0.3 is 0 Å².